The number of carbonyl (C=O) groups excluding carboxylic acids is 1. The van der Waals surface area contributed by atoms with E-state index in [0.29, 0.717) is 24.6 Å². The van der Waals surface area contributed by atoms with Gasteiger partial charge in [-0.2, -0.15) is 0 Å². The molecule has 0 bridgehead atoms. The normalized spacial score (nSPS) is 12.0. The lowest BCUT2D eigenvalue weighted by Gasteiger charge is -2.28. The van der Waals surface area contributed by atoms with Gasteiger partial charge in [0.15, 0.2) is 0 Å². The summed E-state index contributed by atoms with van der Waals surface area (Å²) in [4.78, 5) is 14.7. The Kier molecular flexibility index (Phi) is 7.32. The van der Waals surface area contributed by atoms with E-state index in [1.54, 1.807) is 7.11 Å². The predicted octanol–water partition coefficient (Wildman–Crippen LogP) is 2.14. The van der Waals surface area contributed by atoms with Gasteiger partial charge < -0.3 is 15.4 Å². The summed E-state index contributed by atoms with van der Waals surface area (Å²) in [6.07, 6.45) is 1.31. The molecule has 1 atom stereocenters. The van der Waals surface area contributed by atoms with E-state index in [9.17, 15) is 4.79 Å². The average molecular weight is 308 g/mol. The van der Waals surface area contributed by atoms with Crippen LogP contribution in [0.25, 0.3) is 0 Å². The molecule has 2 N–H and O–H groups in total. The summed E-state index contributed by atoms with van der Waals surface area (Å²) < 4.78 is 5.09. The first-order chi connectivity index (χ1) is 9.99. The molecule has 0 radical (unpaired) electrons. The minimum absolute atomic E-state index is 0.115. The third kappa shape index (κ3) is 5.44. The number of thiocarbonyl (C=S) groups is 1. The van der Waals surface area contributed by atoms with Crippen LogP contribution in [0.4, 0.5) is 0 Å². The fourth-order valence-corrected chi connectivity index (χ4v) is 2.20. The maximum atomic E-state index is 12.5. The molecule has 0 saturated carbocycles. The Balaban J connectivity index is 2.73. The summed E-state index contributed by atoms with van der Waals surface area (Å²) in [6.45, 7) is 5.31. The van der Waals surface area contributed by atoms with Gasteiger partial charge in [-0.15, -0.1) is 0 Å². The molecule has 116 valence electrons. The van der Waals surface area contributed by atoms with Crippen molar-refractivity contribution in [1.82, 2.24) is 4.90 Å². The number of benzene rings is 1. The van der Waals surface area contributed by atoms with Gasteiger partial charge in [-0.1, -0.05) is 43.4 Å². The number of nitrogens with two attached hydrogens (primary N) is 1. The predicted molar refractivity (Wildman–Crippen MR) is 89.4 cm³/mol. The minimum atomic E-state index is 0.115. The molecule has 0 aromatic heterocycles. The van der Waals surface area contributed by atoms with Crippen LogP contribution in [0.2, 0.25) is 0 Å². The zero-order valence-electron chi connectivity index (χ0n) is 13.0. The van der Waals surface area contributed by atoms with Gasteiger partial charge in [-0.25, -0.2) is 0 Å². The number of amides is 1. The van der Waals surface area contributed by atoms with Crippen LogP contribution in [-0.4, -0.2) is 42.1 Å². The van der Waals surface area contributed by atoms with Gasteiger partial charge >= 0.3 is 0 Å². The molecule has 1 amide bonds. The number of nitrogens with zero attached hydrogens (tertiary/aromatic N) is 1. The Labute approximate surface area is 132 Å². The fraction of sp³-hybridized carbons (Fsp3) is 0.500. The van der Waals surface area contributed by atoms with E-state index in [2.05, 4.69) is 13.8 Å². The fourth-order valence-electron chi connectivity index (χ4n) is 2.06. The highest BCUT2D eigenvalue weighted by atomic mass is 32.1. The van der Waals surface area contributed by atoms with Gasteiger partial charge in [-0.3, -0.25) is 4.79 Å². The lowest BCUT2D eigenvalue weighted by atomic mass is 10.1. The van der Waals surface area contributed by atoms with Crippen LogP contribution in [-0.2, 0) is 16.0 Å². The highest BCUT2D eigenvalue weighted by molar-refractivity contribution is 7.80. The molecule has 1 aromatic carbocycles. The Morgan fingerprint density at radius 3 is 2.48 bits per heavy atom. The third-order valence-corrected chi connectivity index (χ3v) is 3.81. The van der Waals surface area contributed by atoms with Crippen LogP contribution in [0.1, 0.15) is 31.4 Å². The third-order valence-electron chi connectivity index (χ3n) is 3.57. The largest absolute Gasteiger partial charge is 0.389 e. The number of rotatable bonds is 8. The number of hydrogen-bond acceptors (Lipinski definition) is 3. The summed E-state index contributed by atoms with van der Waals surface area (Å²) in [5.41, 5.74) is 7.35. The molecular formula is C16H24N2O2S. The lowest BCUT2D eigenvalue weighted by molar-refractivity contribution is -0.133. The summed E-state index contributed by atoms with van der Waals surface area (Å²) in [5, 5.41) is 0. The second-order valence-corrected chi connectivity index (χ2v) is 5.51. The van der Waals surface area contributed by atoms with Crippen molar-refractivity contribution in [2.24, 2.45) is 5.73 Å². The summed E-state index contributed by atoms with van der Waals surface area (Å²) in [5.74, 6) is 0.115. The summed E-state index contributed by atoms with van der Waals surface area (Å²) >= 11 is 4.92. The average Bonchev–Trinajstić information content (AvgIpc) is 2.47. The van der Waals surface area contributed by atoms with E-state index in [4.69, 9.17) is 22.7 Å². The molecule has 0 spiro atoms. The number of hydrogen-bond donors (Lipinski definition) is 1. The van der Waals surface area contributed by atoms with Crippen molar-refractivity contribution in [3.63, 3.8) is 0 Å². The Morgan fingerprint density at radius 1 is 1.38 bits per heavy atom. The number of ether oxygens (including phenoxy) is 1. The molecule has 0 aliphatic heterocycles. The van der Waals surface area contributed by atoms with Crippen molar-refractivity contribution in [1.29, 1.82) is 0 Å². The van der Waals surface area contributed by atoms with Gasteiger partial charge in [-0.05, 0) is 18.9 Å². The first-order valence-corrected chi connectivity index (χ1v) is 7.57. The van der Waals surface area contributed by atoms with Crippen molar-refractivity contribution in [2.45, 2.75) is 32.7 Å². The van der Waals surface area contributed by atoms with Crippen LogP contribution < -0.4 is 5.73 Å². The molecule has 1 aromatic rings. The summed E-state index contributed by atoms with van der Waals surface area (Å²) in [6, 6.07) is 7.72. The van der Waals surface area contributed by atoms with E-state index in [1.165, 1.54) is 0 Å². The monoisotopic (exact) mass is 308 g/mol. The van der Waals surface area contributed by atoms with Gasteiger partial charge in [0.25, 0.3) is 0 Å². The van der Waals surface area contributed by atoms with Crippen molar-refractivity contribution in [3.05, 3.63) is 35.4 Å². The van der Waals surface area contributed by atoms with Crippen LogP contribution in [0, 0.1) is 0 Å². The molecule has 0 heterocycles. The van der Waals surface area contributed by atoms with Crippen molar-refractivity contribution < 1.29 is 9.53 Å². The van der Waals surface area contributed by atoms with Gasteiger partial charge in [0.1, 0.15) is 4.99 Å². The quantitative estimate of drug-likeness (QED) is 0.748. The number of carbonyl (C=O) groups is 1. The summed E-state index contributed by atoms with van der Waals surface area (Å²) in [7, 11) is 1.65. The van der Waals surface area contributed by atoms with Crippen molar-refractivity contribution >= 4 is 23.1 Å². The van der Waals surface area contributed by atoms with Gasteiger partial charge in [0.05, 0.1) is 13.0 Å². The van der Waals surface area contributed by atoms with Crippen molar-refractivity contribution in [3.8, 4) is 0 Å². The Morgan fingerprint density at radius 2 is 2.00 bits per heavy atom. The van der Waals surface area contributed by atoms with Gasteiger partial charge in [0, 0.05) is 25.3 Å². The molecule has 21 heavy (non-hydrogen) atoms. The highest BCUT2D eigenvalue weighted by Gasteiger charge is 2.18. The highest BCUT2D eigenvalue weighted by Crippen LogP contribution is 2.10. The number of methoxy groups -OCH3 is 1. The van der Waals surface area contributed by atoms with E-state index >= 15 is 0 Å². The molecule has 0 fully saturated rings. The second kappa shape index (κ2) is 8.74. The van der Waals surface area contributed by atoms with E-state index in [-0.39, 0.29) is 11.9 Å². The van der Waals surface area contributed by atoms with Crippen LogP contribution in [0.3, 0.4) is 0 Å². The molecule has 4 nitrogen and oxygen atoms in total. The van der Waals surface area contributed by atoms with Crippen molar-refractivity contribution in [2.75, 3.05) is 20.3 Å². The smallest absolute Gasteiger partial charge is 0.227 e. The zero-order valence-corrected chi connectivity index (χ0v) is 13.8. The SMILES string of the molecule is CCC(C)N(CCOC)C(=O)Cc1ccc(C(N)=S)cc1. The van der Waals surface area contributed by atoms with E-state index in [1.807, 2.05) is 29.2 Å². The zero-order chi connectivity index (χ0) is 15.8. The first-order valence-electron chi connectivity index (χ1n) is 7.16. The second-order valence-electron chi connectivity index (χ2n) is 5.08. The molecule has 5 heteroatoms. The van der Waals surface area contributed by atoms with Crippen LogP contribution in [0.5, 0.6) is 0 Å². The Bertz CT molecular complexity index is 474. The minimum Gasteiger partial charge on any atom is -0.389 e. The molecular weight excluding hydrogens is 284 g/mol. The van der Waals surface area contributed by atoms with Crippen LogP contribution >= 0.6 is 12.2 Å². The van der Waals surface area contributed by atoms with Gasteiger partial charge in [0.2, 0.25) is 5.91 Å². The van der Waals surface area contributed by atoms with E-state index < -0.39 is 0 Å². The topological polar surface area (TPSA) is 55.6 Å². The molecule has 1 rings (SSSR count). The van der Waals surface area contributed by atoms with E-state index in [0.717, 1.165) is 17.5 Å². The maximum absolute atomic E-state index is 12.5. The molecule has 0 aliphatic rings. The van der Waals surface area contributed by atoms with Crippen LogP contribution in [0.15, 0.2) is 24.3 Å². The lowest BCUT2D eigenvalue weighted by Crippen LogP contribution is -2.41. The standard InChI is InChI=1S/C16H24N2O2S/c1-4-12(2)18(9-10-20-3)15(19)11-13-5-7-14(8-6-13)16(17)21/h5-8,12H,4,9-11H2,1-3H3,(H2,17,21). The maximum Gasteiger partial charge on any atom is 0.227 e. The molecule has 0 aliphatic carbocycles. The molecule has 1 unspecified atom stereocenters. The molecule has 0 saturated heterocycles. The first kappa shape index (κ1) is 17.6. The Hall–Kier alpha value is -1.46.